The van der Waals surface area contributed by atoms with Crippen molar-refractivity contribution < 1.29 is 8.42 Å². The van der Waals surface area contributed by atoms with Crippen LogP contribution in [-0.4, -0.2) is 51.4 Å². The Morgan fingerprint density at radius 2 is 1.80 bits per heavy atom. The average molecular weight is 300 g/mol. The molecular weight excluding hydrogens is 276 g/mol. The molecule has 0 aromatic heterocycles. The fourth-order valence-corrected chi connectivity index (χ4v) is 3.54. The molecule has 0 aliphatic carbocycles. The van der Waals surface area contributed by atoms with Crippen molar-refractivity contribution in [3.63, 3.8) is 0 Å². The minimum atomic E-state index is -3.54. The number of hydrogen-bond donors (Lipinski definition) is 2. The standard InChI is InChI=1S/C13H24N4O2S/c1-4-9-17(11-10-16(2)3)20(18,19)13-8-6-5-7-12(13)15-14/h5-8,15H,4,9-11,14H2,1-3H3. The number of para-hydroxylation sites is 1. The highest BCUT2D eigenvalue weighted by Crippen LogP contribution is 2.23. The smallest absolute Gasteiger partial charge is 0.245 e. The van der Waals surface area contributed by atoms with E-state index in [0.717, 1.165) is 6.42 Å². The molecule has 0 heterocycles. The Bertz CT molecular complexity index is 517. The van der Waals surface area contributed by atoms with E-state index in [1.54, 1.807) is 24.3 Å². The van der Waals surface area contributed by atoms with Gasteiger partial charge in [-0.1, -0.05) is 19.1 Å². The molecule has 0 radical (unpaired) electrons. The summed E-state index contributed by atoms with van der Waals surface area (Å²) in [4.78, 5) is 2.18. The van der Waals surface area contributed by atoms with Crippen LogP contribution in [0.3, 0.4) is 0 Å². The third-order valence-corrected chi connectivity index (χ3v) is 4.89. The van der Waals surface area contributed by atoms with Crippen molar-refractivity contribution in [2.75, 3.05) is 39.2 Å². The number of anilines is 1. The first kappa shape index (κ1) is 16.9. The first-order chi connectivity index (χ1) is 9.43. The summed E-state index contributed by atoms with van der Waals surface area (Å²) in [6.45, 7) is 3.60. The minimum absolute atomic E-state index is 0.217. The van der Waals surface area contributed by atoms with Gasteiger partial charge in [-0.2, -0.15) is 4.31 Å². The Balaban J connectivity index is 3.09. The molecule has 0 unspecified atom stereocenters. The van der Waals surface area contributed by atoms with Crippen molar-refractivity contribution in [1.82, 2.24) is 9.21 Å². The van der Waals surface area contributed by atoms with E-state index < -0.39 is 10.0 Å². The summed E-state index contributed by atoms with van der Waals surface area (Å²) in [5.41, 5.74) is 2.86. The number of nitrogens with two attached hydrogens (primary N) is 1. The Kier molecular flexibility index (Phi) is 6.41. The maximum Gasteiger partial charge on any atom is 0.245 e. The van der Waals surface area contributed by atoms with Crippen molar-refractivity contribution in [3.05, 3.63) is 24.3 Å². The molecule has 114 valence electrons. The average Bonchev–Trinajstić information content (AvgIpc) is 2.42. The summed E-state index contributed by atoms with van der Waals surface area (Å²) >= 11 is 0. The number of likely N-dealkylation sites (N-methyl/N-ethyl adjacent to an activating group) is 1. The number of nitrogens with zero attached hydrogens (tertiary/aromatic N) is 2. The van der Waals surface area contributed by atoms with E-state index in [1.807, 2.05) is 25.9 Å². The molecule has 1 rings (SSSR count). The predicted octanol–water partition coefficient (Wildman–Crippen LogP) is 0.935. The molecule has 7 heteroatoms. The highest BCUT2D eigenvalue weighted by Gasteiger charge is 2.25. The van der Waals surface area contributed by atoms with Crippen LogP contribution >= 0.6 is 0 Å². The quantitative estimate of drug-likeness (QED) is 0.552. The van der Waals surface area contributed by atoms with E-state index in [-0.39, 0.29) is 4.90 Å². The summed E-state index contributed by atoms with van der Waals surface area (Å²) in [6.07, 6.45) is 0.769. The van der Waals surface area contributed by atoms with Gasteiger partial charge in [0.25, 0.3) is 0 Å². The summed E-state index contributed by atoms with van der Waals surface area (Å²) in [7, 11) is 0.308. The number of sulfonamides is 1. The highest BCUT2D eigenvalue weighted by atomic mass is 32.2. The number of nitrogens with one attached hydrogen (secondary N) is 1. The number of benzene rings is 1. The number of nitrogen functional groups attached to an aromatic ring is 1. The molecule has 0 aliphatic rings. The first-order valence-corrected chi connectivity index (χ1v) is 8.08. The molecule has 3 N–H and O–H groups in total. The summed E-state index contributed by atoms with van der Waals surface area (Å²) in [5.74, 6) is 5.40. The zero-order valence-electron chi connectivity index (χ0n) is 12.3. The van der Waals surface area contributed by atoms with Crippen LogP contribution in [0.4, 0.5) is 5.69 Å². The van der Waals surface area contributed by atoms with Crippen LogP contribution in [0.15, 0.2) is 29.2 Å². The molecule has 1 aromatic rings. The maximum absolute atomic E-state index is 12.7. The van der Waals surface area contributed by atoms with E-state index in [0.29, 0.717) is 25.3 Å². The zero-order chi connectivity index (χ0) is 15.2. The summed E-state index contributed by atoms with van der Waals surface area (Å²) in [6, 6.07) is 6.67. The Labute approximate surface area is 121 Å². The topological polar surface area (TPSA) is 78.7 Å². The van der Waals surface area contributed by atoms with Crippen LogP contribution in [0.1, 0.15) is 13.3 Å². The lowest BCUT2D eigenvalue weighted by Crippen LogP contribution is -2.37. The van der Waals surface area contributed by atoms with Crippen molar-refractivity contribution >= 4 is 15.7 Å². The van der Waals surface area contributed by atoms with Gasteiger partial charge in [0.05, 0.1) is 5.69 Å². The van der Waals surface area contributed by atoms with Crippen LogP contribution in [0.5, 0.6) is 0 Å². The molecule has 0 saturated heterocycles. The van der Waals surface area contributed by atoms with Gasteiger partial charge in [0.15, 0.2) is 0 Å². The van der Waals surface area contributed by atoms with Gasteiger partial charge in [-0.3, -0.25) is 5.84 Å². The molecule has 6 nitrogen and oxygen atoms in total. The Hall–Kier alpha value is -1.15. The lowest BCUT2D eigenvalue weighted by Gasteiger charge is -2.24. The van der Waals surface area contributed by atoms with Gasteiger partial charge in [0, 0.05) is 19.6 Å². The fourth-order valence-electron chi connectivity index (χ4n) is 1.86. The van der Waals surface area contributed by atoms with Gasteiger partial charge in [-0.15, -0.1) is 0 Å². The van der Waals surface area contributed by atoms with Crippen LogP contribution in [-0.2, 0) is 10.0 Å². The zero-order valence-corrected chi connectivity index (χ0v) is 13.2. The molecule has 0 bridgehead atoms. The predicted molar refractivity (Wildman–Crippen MR) is 81.9 cm³/mol. The molecule has 20 heavy (non-hydrogen) atoms. The molecule has 0 fully saturated rings. The van der Waals surface area contributed by atoms with E-state index in [1.165, 1.54) is 4.31 Å². The third kappa shape index (κ3) is 4.17. The SMILES string of the molecule is CCCN(CCN(C)C)S(=O)(=O)c1ccccc1NN. The van der Waals surface area contributed by atoms with E-state index in [2.05, 4.69) is 5.43 Å². The lowest BCUT2D eigenvalue weighted by molar-refractivity contribution is 0.333. The Morgan fingerprint density at radius 1 is 1.15 bits per heavy atom. The molecule has 0 amide bonds. The van der Waals surface area contributed by atoms with E-state index in [4.69, 9.17) is 5.84 Å². The second-order valence-corrected chi connectivity index (χ2v) is 6.75. The van der Waals surface area contributed by atoms with Crippen molar-refractivity contribution in [2.24, 2.45) is 5.84 Å². The third-order valence-electron chi connectivity index (χ3n) is 2.93. The van der Waals surface area contributed by atoms with E-state index in [9.17, 15) is 8.42 Å². The molecule has 0 spiro atoms. The van der Waals surface area contributed by atoms with Crippen LogP contribution < -0.4 is 11.3 Å². The maximum atomic E-state index is 12.7. The Morgan fingerprint density at radius 3 is 2.35 bits per heavy atom. The fraction of sp³-hybridized carbons (Fsp3) is 0.538. The molecule has 0 atom stereocenters. The van der Waals surface area contributed by atoms with Gasteiger partial charge >= 0.3 is 0 Å². The number of hydrogen-bond acceptors (Lipinski definition) is 5. The minimum Gasteiger partial charge on any atom is -0.323 e. The van der Waals surface area contributed by atoms with Gasteiger partial charge in [-0.25, -0.2) is 8.42 Å². The first-order valence-electron chi connectivity index (χ1n) is 6.64. The van der Waals surface area contributed by atoms with Crippen molar-refractivity contribution in [1.29, 1.82) is 0 Å². The van der Waals surface area contributed by atoms with Gasteiger partial charge < -0.3 is 10.3 Å². The monoisotopic (exact) mass is 300 g/mol. The van der Waals surface area contributed by atoms with Crippen molar-refractivity contribution in [3.8, 4) is 0 Å². The van der Waals surface area contributed by atoms with Crippen LogP contribution in [0.2, 0.25) is 0 Å². The number of rotatable bonds is 8. The molecule has 0 aliphatic heterocycles. The normalized spacial score (nSPS) is 12.1. The molecular formula is C13H24N4O2S. The van der Waals surface area contributed by atoms with E-state index >= 15 is 0 Å². The second kappa shape index (κ2) is 7.58. The second-order valence-electron chi connectivity index (χ2n) is 4.85. The van der Waals surface area contributed by atoms with Gasteiger partial charge in [0.2, 0.25) is 10.0 Å². The van der Waals surface area contributed by atoms with Crippen molar-refractivity contribution in [2.45, 2.75) is 18.2 Å². The van der Waals surface area contributed by atoms with Gasteiger partial charge in [-0.05, 0) is 32.6 Å². The largest absolute Gasteiger partial charge is 0.323 e. The lowest BCUT2D eigenvalue weighted by atomic mass is 10.3. The summed E-state index contributed by atoms with van der Waals surface area (Å²) in [5, 5.41) is 0. The number of hydrazine groups is 1. The molecule has 1 aromatic carbocycles. The molecule has 0 saturated carbocycles. The summed E-state index contributed by atoms with van der Waals surface area (Å²) < 4.78 is 27.0. The highest BCUT2D eigenvalue weighted by molar-refractivity contribution is 7.89. The van der Waals surface area contributed by atoms with Crippen LogP contribution in [0, 0.1) is 0 Å². The van der Waals surface area contributed by atoms with Gasteiger partial charge in [0.1, 0.15) is 4.90 Å². The van der Waals surface area contributed by atoms with Crippen LogP contribution in [0.25, 0.3) is 0 Å².